The maximum absolute atomic E-state index is 13.4. The molecule has 1 fully saturated rings. The van der Waals surface area contributed by atoms with E-state index in [1.807, 2.05) is 67.2 Å². The Hall–Kier alpha value is -3.60. The Kier molecular flexibility index (Phi) is 10.9. The smallest absolute Gasteiger partial charge is 0.475 e. The van der Waals surface area contributed by atoms with E-state index >= 15 is 0 Å². The van der Waals surface area contributed by atoms with Gasteiger partial charge in [-0.1, -0.05) is 35.9 Å². The van der Waals surface area contributed by atoms with Gasteiger partial charge in [-0.3, -0.25) is 9.59 Å². The molecule has 37 heavy (non-hydrogen) atoms. The minimum atomic E-state index is -5.08. The van der Waals surface area contributed by atoms with Gasteiger partial charge in [0.25, 0.3) is 5.91 Å². The van der Waals surface area contributed by atoms with Gasteiger partial charge in [0.1, 0.15) is 0 Å². The van der Waals surface area contributed by atoms with Gasteiger partial charge in [0.05, 0.1) is 0 Å². The van der Waals surface area contributed by atoms with Crippen LogP contribution in [0.5, 0.6) is 0 Å². The number of piperazine rings is 1. The van der Waals surface area contributed by atoms with Gasteiger partial charge >= 0.3 is 12.1 Å². The molecule has 0 bridgehead atoms. The zero-order chi connectivity index (χ0) is 27.6. The lowest BCUT2D eigenvalue weighted by molar-refractivity contribution is -0.192. The second-order valence-corrected chi connectivity index (χ2v) is 8.84. The summed E-state index contributed by atoms with van der Waals surface area (Å²) >= 11 is 0. The SMILES string of the molecule is Cc1ccc(CN(CCC(=O)N2CCNCC2)C(=O)c2cccc(N(C)C)c2)cc1.O=C(O)C(F)(F)F. The molecule has 0 unspecified atom stereocenters. The lowest BCUT2D eigenvalue weighted by Gasteiger charge is -2.29. The Labute approximate surface area is 214 Å². The summed E-state index contributed by atoms with van der Waals surface area (Å²) in [5.41, 5.74) is 3.87. The highest BCUT2D eigenvalue weighted by atomic mass is 19.4. The fourth-order valence-corrected chi connectivity index (χ4v) is 3.57. The number of nitrogens with zero attached hydrogens (tertiary/aromatic N) is 3. The second-order valence-electron chi connectivity index (χ2n) is 8.84. The summed E-state index contributed by atoms with van der Waals surface area (Å²) < 4.78 is 31.7. The van der Waals surface area contributed by atoms with E-state index in [9.17, 15) is 22.8 Å². The summed E-state index contributed by atoms with van der Waals surface area (Å²) in [6.07, 6.45) is -4.75. The number of carboxylic acid groups (broad SMARTS) is 1. The van der Waals surface area contributed by atoms with E-state index in [0.717, 1.165) is 37.4 Å². The van der Waals surface area contributed by atoms with Crippen LogP contribution in [-0.4, -0.2) is 85.7 Å². The number of benzene rings is 2. The van der Waals surface area contributed by atoms with Crippen molar-refractivity contribution in [2.24, 2.45) is 0 Å². The maximum Gasteiger partial charge on any atom is 0.490 e. The van der Waals surface area contributed by atoms with Crippen LogP contribution in [0.4, 0.5) is 18.9 Å². The Morgan fingerprint density at radius 1 is 1.03 bits per heavy atom. The second kappa shape index (κ2) is 13.6. The van der Waals surface area contributed by atoms with E-state index in [-0.39, 0.29) is 11.8 Å². The van der Waals surface area contributed by atoms with Crippen LogP contribution < -0.4 is 10.2 Å². The predicted octanol–water partition coefficient (Wildman–Crippen LogP) is 3.16. The van der Waals surface area contributed by atoms with Gasteiger partial charge in [0.15, 0.2) is 0 Å². The quantitative estimate of drug-likeness (QED) is 0.581. The predicted molar refractivity (Wildman–Crippen MR) is 134 cm³/mol. The van der Waals surface area contributed by atoms with Crippen LogP contribution in [0.15, 0.2) is 48.5 Å². The molecule has 1 saturated heterocycles. The van der Waals surface area contributed by atoms with Crippen molar-refractivity contribution in [2.45, 2.75) is 26.1 Å². The molecule has 1 aliphatic heterocycles. The summed E-state index contributed by atoms with van der Waals surface area (Å²) in [6, 6.07) is 15.8. The summed E-state index contributed by atoms with van der Waals surface area (Å²) in [5.74, 6) is -2.69. The summed E-state index contributed by atoms with van der Waals surface area (Å²) in [7, 11) is 3.92. The third-order valence-electron chi connectivity index (χ3n) is 5.70. The number of nitrogens with one attached hydrogen (secondary N) is 1. The van der Waals surface area contributed by atoms with Crippen LogP contribution >= 0.6 is 0 Å². The van der Waals surface area contributed by atoms with Crippen LogP contribution in [0.1, 0.15) is 27.9 Å². The van der Waals surface area contributed by atoms with E-state index in [4.69, 9.17) is 9.90 Å². The van der Waals surface area contributed by atoms with Crippen molar-refractivity contribution in [1.29, 1.82) is 0 Å². The normalized spacial score (nSPS) is 13.3. The largest absolute Gasteiger partial charge is 0.490 e. The van der Waals surface area contributed by atoms with Gasteiger partial charge in [0, 0.05) is 71.0 Å². The Balaban J connectivity index is 0.000000604. The number of halogens is 3. The highest BCUT2D eigenvalue weighted by Crippen LogP contribution is 2.17. The molecule has 3 rings (SSSR count). The summed E-state index contributed by atoms with van der Waals surface area (Å²) in [5, 5.41) is 10.4. The molecule has 2 aromatic rings. The van der Waals surface area contributed by atoms with Crippen LogP contribution in [0.25, 0.3) is 0 Å². The first kappa shape index (κ1) is 29.6. The molecule has 0 spiro atoms. The molecule has 2 aromatic carbocycles. The van der Waals surface area contributed by atoms with Gasteiger partial charge in [-0.05, 0) is 30.7 Å². The number of aliphatic carboxylic acids is 1. The molecule has 8 nitrogen and oxygen atoms in total. The molecule has 0 saturated carbocycles. The zero-order valence-corrected chi connectivity index (χ0v) is 21.2. The maximum atomic E-state index is 13.4. The van der Waals surface area contributed by atoms with E-state index in [1.54, 1.807) is 4.90 Å². The highest BCUT2D eigenvalue weighted by Gasteiger charge is 2.38. The highest BCUT2D eigenvalue weighted by molar-refractivity contribution is 5.95. The van der Waals surface area contributed by atoms with Crippen LogP contribution in [0.2, 0.25) is 0 Å². The Morgan fingerprint density at radius 3 is 2.16 bits per heavy atom. The first-order valence-electron chi connectivity index (χ1n) is 11.8. The molecule has 0 radical (unpaired) electrons. The molecule has 0 aliphatic carbocycles. The van der Waals surface area contributed by atoms with E-state index in [0.29, 0.717) is 25.1 Å². The monoisotopic (exact) mass is 522 g/mol. The first-order chi connectivity index (χ1) is 17.4. The zero-order valence-electron chi connectivity index (χ0n) is 21.2. The fourth-order valence-electron chi connectivity index (χ4n) is 3.57. The third-order valence-corrected chi connectivity index (χ3v) is 5.70. The van der Waals surface area contributed by atoms with E-state index < -0.39 is 12.1 Å². The number of hydrogen-bond donors (Lipinski definition) is 2. The van der Waals surface area contributed by atoms with Gasteiger partial charge in [-0.2, -0.15) is 13.2 Å². The molecular formula is C26H33F3N4O4. The van der Waals surface area contributed by atoms with Crippen molar-refractivity contribution in [3.8, 4) is 0 Å². The number of alkyl halides is 3. The third kappa shape index (κ3) is 9.76. The lowest BCUT2D eigenvalue weighted by Crippen LogP contribution is -2.47. The standard InChI is InChI=1S/C24H32N4O2.C2HF3O2/c1-19-7-9-20(10-8-19)18-28(14-11-23(29)27-15-12-25-13-16-27)24(30)21-5-4-6-22(17-21)26(2)3;3-2(4,5)1(6)7/h4-10,17,25H,11-16,18H2,1-3H3;(H,6,7). The van der Waals surface area contributed by atoms with Gasteiger partial charge in [-0.25, -0.2) is 4.79 Å². The van der Waals surface area contributed by atoms with Crippen molar-refractivity contribution >= 4 is 23.5 Å². The molecule has 1 heterocycles. The molecule has 11 heteroatoms. The summed E-state index contributed by atoms with van der Waals surface area (Å²) in [6.45, 7) is 6.06. The molecule has 0 atom stereocenters. The number of anilines is 1. The molecule has 2 N–H and O–H groups in total. The minimum Gasteiger partial charge on any atom is -0.475 e. The molecule has 1 aliphatic rings. The number of carboxylic acids is 1. The van der Waals surface area contributed by atoms with Crippen molar-refractivity contribution in [1.82, 2.24) is 15.1 Å². The number of carbonyl (C=O) groups is 3. The molecule has 2 amide bonds. The average molecular weight is 523 g/mol. The number of aryl methyl sites for hydroxylation is 1. The Morgan fingerprint density at radius 2 is 1.62 bits per heavy atom. The number of rotatable bonds is 7. The Bertz CT molecular complexity index is 1050. The topological polar surface area (TPSA) is 93.2 Å². The number of amides is 2. The van der Waals surface area contributed by atoms with Gasteiger partial charge in [0.2, 0.25) is 5.91 Å². The van der Waals surface area contributed by atoms with E-state index in [1.165, 1.54) is 5.56 Å². The number of carbonyl (C=O) groups excluding carboxylic acids is 2. The van der Waals surface area contributed by atoms with Crippen molar-refractivity contribution in [2.75, 3.05) is 51.7 Å². The molecular weight excluding hydrogens is 489 g/mol. The van der Waals surface area contributed by atoms with Gasteiger partial charge in [-0.15, -0.1) is 0 Å². The van der Waals surface area contributed by atoms with Crippen molar-refractivity contribution < 1.29 is 32.7 Å². The average Bonchev–Trinajstić information content (AvgIpc) is 2.87. The van der Waals surface area contributed by atoms with Crippen LogP contribution in [-0.2, 0) is 16.1 Å². The fraction of sp³-hybridized carbons (Fsp3) is 0.423. The van der Waals surface area contributed by atoms with Crippen LogP contribution in [0.3, 0.4) is 0 Å². The minimum absolute atomic E-state index is 0.0487. The van der Waals surface area contributed by atoms with Gasteiger partial charge < -0.3 is 25.1 Å². The first-order valence-corrected chi connectivity index (χ1v) is 11.8. The number of hydrogen-bond acceptors (Lipinski definition) is 5. The summed E-state index contributed by atoms with van der Waals surface area (Å²) in [4.78, 5) is 40.6. The lowest BCUT2D eigenvalue weighted by atomic mass is 10.1. The molecule has 202 valence electrons. The van der Waals surface area contributed by atoms with Crippen molar-refractivity contribution in [3.63, 3.8) is 0 Å². The molecule has 0 aromatic heterocycles. The van der Waals surface area contributed by atoms with Crippen molar-refractivity contribution in [3.05, 3.63) is 65.2 Å². The van der Waals surface area contributed by atoms with Crippen LogP contribution in [0, 0.1) is 6.92 Å². The van der Waals surface area contributed by atoms with E-state index in [2.05, 4.69) is 17.4 Å².